The van der Waals surface area contributed by atoms with Crippen molar-refractivity contribution in [2.45, 2.75) is 21.7 Å². The van der Waals surface area contributed by atoms with Crippen molar-refractivity contribution in [1.82, 2.24) is 19.9 Å². The average Bonchev–Trinajstić information content (AvgIpc) is 2.80. The lowest BCUT2D eigenvalue weighted by Crippen LogP contribution is -1.96. The van der Waals surface area contributed by atoms with Crippen molar-refractivity contribution in [3.05, 3.63) is 84.3 Å². The molecule has 0 radical (unpaired) electrons. The molecule has 184 valence electrons. The predicted molar refractivity (Wildman–Crippen MR) is 155 cm³/mol. The number of benzene rings is 2. The summed E-state index contributed by atoms with van der Waals surface area (Å²) in [7, 11) is 0. The van der Waals surface area contributed by atoms with Crippen molar-refractivity contribution in [2.24, 2.45) is 0 Å². The van der Waals surface area contributed by atoms with Gasteiger partial charge in [-0.25, -0.2) is 19.9 Å². The molecule has 2 aromatic carbocycles. The molecule has 0 aliphatic carbocycles. The molecule has 4 aromatic rings. The van der Waals surface area contributed by atoms with Crippen molar-refractivity contribution in [2.75, 3.05) is 11.5 Å². The molecular weight excluding hydrogens is 658 g/mol. The molecule has 0 amide bonds. The highest BCUT2D eigenvalue weighted by Gasteiger charge is 2.09. The second-order valence-electron chi connectivity index (χ2n) is 6.29. The SMILES string of the molecule is Cc1c(Cl)cccc1Sc1ncc(Cl)nc1N.Nc1nc(Cl)cnc1Br.Sc1cccc(Cl)c1Cl. The molecule has 14 heteroatoms. The number of hydrogen-bond acceptors (Lipinski definition) is 8. The summed E-state index contributed by atoms with van der Waals surface area (Å²) >= 11 is 37.0. The fraction of sp³-hybridized carbons (Fsp3) is 0.0476. The summed E-state index contributed by atoms with van der Waals surface area (Å²) in [4.78, 5) is 17.3. The van der Waals surface area contributed by atoms with Gasteiger partial charge >= 0.3 is 0 Å². The van der Waals surface area contributed by atoms with Crippen molar-refractivity contribution >= 4 is 110 Å². The molecule has 4 N–H and O–H groups in total. The first-order valence-electron chi connectivity index (χ1n) is 9.27. The van der Waals surface area contributed by atoms with Gasteiger partial charge in [0.05, 0.1) is 22.4 Å². The highest BCUT2D eigenvalue weighted by atomic mass is 79.9. The summed E-state index contributed by atoms with van der Waals surface area (Å²) in [5, 5.41) is 2.99. The molecule has 0 spiro atoms. The van der Waals surface area contributed by atoms with Crippen LogP contribution in [0, 0.1) is 6.92 Å². The summed E-state index contributed by atoms with van der Waals surface area (Å²) in [6.45, 7) is 1.95. The van der Waals surface area contributed by atoms with Crippen LogP contribution in [0.1, 0.15) is 5.56 Å². The quantitative estimate of drug-likeness (QED) is 0.183. The Morgan fingerprint density at radius 1 is 0.829 bits per heavy atom. The van der Waals surface area contributed by atoms with E-state index in [1.165, 1.54) is 24.2 Å². The molecule has 0 aliphatic rings. The number of nitrogens with zero attached hydrogens (tertiary/aromatic N) is 4. The molecule has 0 saturated carbocycles. The molecule has 0 atom stereocenters. The van der Waals surface area contributed by atoms with E-state index in [4.69, 9.17) is 69.5 Å². The summed E-state index contributed by atoms with van der Waals surface area (Å²) in [6.07, 6.45) is 2.89. The molecule has 35 heavy (non-hydrogen) atoms. The van der Waals surface area contributed by atoms with Crippen LogP contribution >= 0.6 is 98.3 Å². The van der Waals surface area contributed by atoms with Gasteiger partial charge in [-0.2, -0.15) is 0 Å². The zero-order valence-corrected chi connectivity index (χ0v) is 24.8. The van der Waals surface area contributed by atoms with Gasteiger partial charge in [-0.1, -0.05) is 81.9 Å². The van der Waals surface area contributed by atoms with E-state index in [2.05, 4.69) is 48.5 Å². The number of nitrogen functional groups attached to an aromatic ring is 2. The van der Waals surface area contributed by atoms with E-state index in [-0.39, 0.29) is 5.15 Å². The number of rotatable bonds is 2. The zero-order valence-electron chi connectivity index (χ0n) is 17.7. The average molecular weight is 674 g/mol. The summed E-state index contributed by atoms with van der Waals surface area (Å²) in [6, 6.07) is 11.0. The van der Waals surface area contributed by atoms with E-state index in [9.17, 15) is 0 Å². The molecule has 2 aromatic heterocycles. The fourth-order valence-corrected chi connectivity index (χ4v) is 4.26. The Labute approximate surface area is 245 Å². The normalized spacial score (nSPS) is 10.1. The second kappa shape index (κ2) is 14.5. The molecular formula is C21H16BrCl5N6S2. The lowest BCUT2D eigenvalue weighted by Gasteiger charge is -2.07. The van der Waals surface area contributed by atoms with Gasteiger partial charge in [0.15, 0.2) is 11.6 Å². The van der Waals surface area contributed by atoms with Crippen LogP contribution in [0.25, 0.3) is 0 Å². The van der Waals surface area contributed by atoms with Crippen LogP contribution in [0.5, 0.6) is 0 Å². The third-order valence-electron chi connectivity index (χ3n) is 3.81. The van der Waals surface area contributed by atoms with E-state index in [0.29, 0.717) is 41.4 Å². The minimum absolute atomic E-state index is 0.287. The first-order valence-corrected chi connectivity index (χ1v) is 13.2. The number of aromatic nitrogens is 4. The van der Waals surface area contributed by atoms with Gasteiger partial charge in [-0.05, 0) is 52.7 Å². The zero-order chi connectivity index (χ0) is 26.1. The molecule has 2 heterocycles. The molecule has 6 nitrogen and oxygen atoms in total. The molecule has 0 unspecified atom stereocenters. The Bertz CT molecular complexity index is 1300. The van der Waals surface area contributed by atoms with Crippen LogP contribution in [-0.2, 0) is 0 Å². The Morgan fingerprint density at radius 2 is 1.40 bits per heavy atom. The highest BCUT2D eigenvalue weighted by Crippen LogP contribution is 2.34. The largest absolute Gasteiger partial charge is 0.381 e. The Morgan fingerprint density at radius 3 is 1.94 bits per heavy atom. The summed E-state index contributed by atoms with van der Waals surface area (Å²) in [5.41, 5.74) is 12.1. The van der Waals surface area contributed by atoms with Gasteiger partial charge in [0.25, 0.3) is 0 Å². The maximum absolute atomic E-state index is 6.04. The number of thiol groups is 1. The number of hydrogen-bond donors (Lipinski definition) is 3. The topological polar surface area (TPSA) is 104 Å². The molecule has 0 fully saturated rings. The second-order valence-corrected chi connectivity index (χ2v) is 10.5. The highest BCUT2D eigenvalue weighted by molar-refractivity contribution is 9.10. The minimum Gasteiger partial charge on any atom is -0.381 e. The minimum atomic E-state index is 0.287. The van der Waals surface area contributed by atoms with Crippen molar-refractivity contribution in [3.63, 3.8) is 0 Å². The first kappa shape index (κ1) is 30.1. The number of halogens is 6. The number of anilines is 2. The predicted octanol–water partition coefficient (Wildman–Crippen LogP) is 8.58. The van der Waals surface area contributed by atoms with Crippen LogP contribution in [0.15, 0.2) is 68.2 Å². The molecule has 4 rings (SSSR count). The van der Waals surface area contributed by atoms with Gasteiger partial charge in [-0.3, -0.25) is 0 Å². The number of nitrogens with two attached hydrogens (primary N) is 2. The Balaban J connectivity index is 0.000000203. The van der Waals surface area contributed by atoms with E-state index < -0.39 is 0 Å². The fourth-order valence-electron chi connectivity index (χ4n) is 2.11. The van der Waals surface area contributed by atoms with Crippen LogP contribution in [-0.4, -0.2) is 19.9 Å². The van der Waals surface area contributed by atoms with Crippen LogP contribution in [0.3, 0.4) is 0 Å². The monoisotopic (exact) mass is 670 g/mol. The maximum Gasteiger partial charge on any atom is 0.158 e. The summed E-state index contributed by atoms with van der Waals surface area (Å²) < 4.78 is 0.520. The molecule has 0 bridgehead atoms. The van der Waals surface area contributed by atoms with Gasteiger partial charge < -0.3 is 11.5 Å². The van der Waals surface area contributed by atoms with Crippen molar-refractivity contribution in [1.29, 1.82) is 0 Å². The smallest absolute Gasteiger partial charge is 0.158 e. The molecule has 0 aliphatic heterocycles. The van der Waals surface area contributed by atoms with E-state index in [1.54, 1.807) is 18.2 Å². The van der Waals surface area contributed by atoms with Gasteiger partial charge in [-0.15, -0.1) is 12.6 Å². The van der Waals surface area contributed by atoms with Crippen molar-refractivity contribution < 1.29 is 0 Å². The standard InChI is InChI=1S/C11H9Cl2N3S.C6H4Cl2S.C4H3BrClN3/c1-6-7(12)3-2-4-8(6)17-11-10(14)16-9(13)5-15-11;7-4-2-1-3-5(9)6(4)8;5-3-4(7)9-2(6)1-8-3/h2-5H,1H3,(H2,14,16);1-3,9H;1H,(H2,7,9). The lowest BCUT2D eigenvalue weighted by molar-refractivity contribution is 1.07. The third kappa shape index (κ3) is 9.66. The van der Waals surface area contributed by atoms with Crippen LogP contribution in [0.4, 0.5) is 11.6 Å². The third-order valence-corrected chi connectivity index (χ3v) is 7.69. The van der Waals surface area contributed by atoms with Crippen LogP contribution in [0.2, 0.25) is 25.4 Å². The maximum atomic E-state index is 6.04. The van der Waals surface area contributed by atoms with E-state index in [1.807, 2.05) is 25.1 Å². The van der Waals surface area contributed by atoms with Gasteiger partial charge in [0, 0.05) is 14.8 Å². The van der Waals surface area contributed by atoms with Gasteiger partial charge in [0.1, 0.15) is 19.9 Å². The lowest BCUT2D eigenvalue weighted by atomic mass is 10.2. The van der Waals surface area contributed by atoms with E-state index in [0.717, 1.165) is 15.5 Å². The Hall–Kier alpha value is -1.17. The molecule has 0 saturated heterocycles. The summed E-state index contributed by atoms with van der Waals surface area (Å²) in [5.74, 6) is 0.629. The van der Waals surface area contributed by atoms with Crippen LogP contribution < -0.4 is 11.5 Å². The van der Waals surface area contributed by atoms with E-state index >= 15 is 0 Å². The van der Waals surface area contributed by atoms with Gasteiger partial charge in [0.2, 0.25) is 0 Å². The first-order chi connectivity index (χ1) is 16.5. The van der Waals surface area contributed by atoms with Crippen molar-refractivity contribution in [3.8, 4) is 0 Å². The Kier molecular flexibility index (Phi) is 12.5.